The molecule has 1 aromatic carbocycles. The molecule has 0 saturated carbocycles. The number of methoxy groups -OCH3 is 1. The molecule has 27 heavy (non-hydrogen) atoms. The number of hydrogen-bond donors (Lipinski definition) is 1. The van der Waals surface area contributed by atoms with Gasteiger partial charge in [0, 0.05) is 0 Å². The highest BCUT2D eigenvalue weighted by Gasteiger charge is 2.22. The van der Waals surface area contributed by atoms with E-state index >= 15 is 0 Å². The minimum Gasteiger partial charge on any atom is -0.497 e. The van der Waals surface area contributed by atoms with E-state index in [-0.39, 0.29) is 30.3 Å². The second-order valence-corrected chi connectivity index (χ2v) is 6.92. The van der Waals surface area contributed by atoms with Crippen molar-refractivity contribution < 1.29 is 24.1 Å². The van der Waals surface area contributed by atoms with Crippen LogP contribution in [0.25, 0.3) is 0 Å². The van der Waals surface area contributed by atoms with Crippen molar-refractivity contribution in [2.45, 2.75) is 58.8 Å². The van der Waals surface area contributed by atoms with Crippen molar-refractivity contribution in [2.24, 2.45) is 11.8 Å². The standard InChI is InChI=1S/C22H34O5/c1-6-16(3)21(27-15-18-9-11-19(25-5)12-10-18)13-8-17(4)20(23)14-22(24)26-7-2/h6,9-12,16-17,20-21,23H,1,7-8,13-15H2,2-5H3/t16-,17+,20?,21-/m0/s1. The third kappa shape index (κ3) is 8.59. The van der Waals surface area contributed by atoms with Gasteiger partial charge in [-0.2, -0.15) is 0 Å². The average molecular weight is 379 g/mol. The summed E-state index contributed by atoms with van der Waals surface area (Å²) in [5.74, 6) is 0.638. The molecule has 1 rings (SSSR count). The highest BCUT2D eigenvalue weighted by Crippen LogP contribution is 2.22. The Morgan fingerprint density at radius 3 is 2.44 bits per heavy atom. The molecule has 0 aliphatic carbocycles. The number of carbonyl (C=O) groups excluding carboxylic acids is 1. The van der Waals surface area contributed by atoms with Crippen LogP contribution in [0.15, 0.2) is 36.9 Å². The van der Waals surface area contributed by atoms with Crippen LogP contribution >= 0.6 is 0 Å². The third-order valence-electron chi connectivity index (χ3n) is 4.83. The van der Waals surface area contributed by atoms with Gasteiger partial charge in [-0.15, -0.1) is 6.58 Å². The molecule has 5 heteroatoms. The molecule has 0 spiro atoms. The molecule has 5 nitrogen and oxygen atoms in total. The fourth-order valence-corrected chi connectivity index (χ4v) is 2.79. The van der Waals surface area contributed by atoms with Gasteiger partial charge in [0.25, 0.3) is 0 Å². The SMILES string of the molecule is C=C[C@H](C)[C@H](CC[C@@H](C)C(O)CC(=O)OCC)OCc1ccc(OC)cc1. The molecule has 0 radical (unpaired) electrons. The zero-order chi connectivity index (χ0) is 20.2. The first-order chi connectivity index (χ1) is 12.9. The van der Waals surface area contributed by atoms with E-state index in [0.717, 1.165) is 24.2 Å². The van der Waals surface area contributed by atoms with Crippen molar-refractivity contribution in [2.75, 3.05) is 13.7 Å². The molecular weight excluding hydrogens is 344 g/mol. The second kappa shape index (κ2) is 12.5. The number of benzene rings is 1. The van der Waals surface area contributed by atoms with Crippen molar-refractivity contribution in [3.8, 4) is 5.75 Å². The maximum absolute atomic E-state index is 11.5. The summed E-state index contributed by atoms with van der Waals surface area (Å²) in [4.78, 5) is 11.5. The Kier molecular flexibility index (Phi) is 10.8. The average Bonchev–Trinajstić information content (AvgIpc) is 2.67. The van der Waals surface area contributed by atoms with E-state index in [1.807, 2.05) is 37.3 Å². The zero-order valence-electron chi connectivity index (χ0n) is 17.0. The quantitative estimate of drug-likeness (QED) is 0.413. The van der Waals surface area contributed by atoms with Crippen LogP contribution in [-0.4, -0.2) is 37.0 Å². The second-order valence-electron chi connectivity index (χ2n) is 6.92. The van der Waals surface area contributed by atoms with E-state index in [0.29, 0.717) is 13.2 Å². The van der Waals surface area contributed by atoms with Crippen molar-refractivity contribution in [1.29, 1.82) is 0 Å². The monoisotopic (exact) mass is 378 g/mol. The molecular formula is C22H34O5. The van der Waals surface area contributed by atoms with Crippen LogP contribution in [0.5, 0.6) is 5.75 Å². The molecule has 0 heterocycles. The summed E-state index contributed by atoms with van der Waals surface area (Å²) >= 11 is 0. The number of rotatable bonds is 13. The van der Waals surface area contributed by atoms with E-state index in [9.17, 15) is 9.90 Å². The molecule has 0 aromatic heterocycles. The lowest BCUT2D eigenvalue weighted by Crippen LogP contribution is -2.26. The number of esters is 1. The van der Waals surface area contributed by atoms with E-state index in [2.05, 4.69) is 13.5 Å². The molecule has 0 fully saturated rings. The van der Waals surface area contributed by atoms with Gasteiger partial charge in [-0.3, -0.25) is 4.79 Å². The van der Waals surface area contributed by atoms with Crippen LogP contribution in [0.3, 0.4) is 0 Å². The van der Waals surface area contributed by atoms with Gasteiger partial charge in [-0.05, 0) is 49.3 Å². The highest BCUT2D eigenvalue weighted by atomic mass is 16.5. The summed E-state index contributed by atoms with van der Waals surface area (Å²) in [5.41, 5.74) is 1.08. The van der Waals surface area contributed by atoms with Crippen LogP contribution in [0.1, 0.15) is 45.6 Å². The molecule has 0 aliphatic heterocycles. The maximum atomic E-state index is 11.5. The number of carbonyl (C=O) groups is 1. The number of ether oxygens (including phenoxy) is 3. The first-order valence-corrected chi connectivity index (χ1v) is 9.62. The predicted octanol–water partition coefficient (Wildman–Crippen LogP) is 4.13. The van der Waals surface area contributed by atoms with Crippen LogP contribution in [0.2, 0.25) is 0 Å². The van der Waals surface area contributed by atoms with Crippen LogP contribution in [-0.2, 0) is 20.9 Å². The lowest BCUT2D eigenvalue weighted by molar-refractivity contribution is -0.146. The molecule has 1 unspecified atom stereocenters. The smallest absolute Gasteiger partial charge is 0.308 e. The summed E-state index contributed by atoms with van der Waals surface area (Å²) in [6.45, 7) is 10.5. The molecule has 152 valence electrons. The number of aliphatic hydroxyl groups excluding tert-OH is 1. The van der Waals surface area contributed by atoms with Gasteiger partial charge in [0.1, 0.15) is 5.75 Å². The Morgan fingerprint density at radius 1 is 1.22 bits per heavy atom. The summed E-state index contributed by atoms with van der Waals surface area (Å²) in [7, 11) is 1.64. The van der Waals surface area contributed by atoms with Gasteiger partial charge >= 0.3 is 5.97 Å². The largest absolute Gasteiger partial charge is 0.497 e. The predicted molar refractivity (Wildman–Crippen MR) is 107 cm³/mol. The minimum atomic E-state index is -0.703. The third-order valence-corrected chi connectivity index (χ3v) is 4.83. The van der Waals surface area contributed by atoms with Crippen molar-refractivity contribution in [1.82, 2.24) is 0 Å². The molecule has 1 aromatic rings. The zero-order valence-corrected chi connectivity index (χ0v) is 17.0. The van der Waals surface area contributed by atoms with Gasteiger partial charge in [0.15, 0.2) is 0 Å². The first kappa shape index (κ1) is 23.2. The Morgan fingerprint density at radius 2 is 1.89 bits per heavy atom. The highest BCUT2D eigenvalue weighted by molar-refractivity contribution is 5.69. The van der Waals surface area contributed by atoms with Crippen molar-refractivity contribution in [3.05, 3.63) is 42.5 Å². The van der Waals surface area contributed by atoms with Gasteiger partial charge in [0.05, 0.1) is 39.0 Å². The van der Waals surface area contributed by atoms with Gasteiger partial charge in [-0.25, -0.2) is 0 Å². The Bertz CT molecular complexity index is 554. The molecule has 0 bridgehead atoms. The van der Waals surface area contributed by atoms with E-state index < -0.39 is 6.10 Å². The van der Waals surface area contributed by atoms with Gasteiger partial charge in [0.2, 0.25) is 0 Å². The Labute approximate surface area is 163 Å². The topological polar surface area (TPSA) is 65.0 Å². The number of hydrogen-bond acceptors (Lipinski definition) is 5. The summed E-state index contributed by atoms with van der Waals surface area (Å²) in [6, 6.07) is 7.80. The molecule has 0 aliphatic rings. The van der Waals surface area contributed by atoms with Crippen LogP contribution in [0, 0.1) is 11.8 Å². The van der Waals surface area contributed by atoms with Gasteiger partial charge < -0.3 is 19.3 Å². The fourth-order valence-electron chi connectivity index (χ4n) is 2.79. The summed E-state index contributed by atoms with van der Waals surface area (Å²) in [5, 5.41) is 10.2. The lowest BCUT2D eigenvalue weighted by Gasteiger charge is -2.25. The van der Waals surface area contributed by atoms with E-state index in [4.69, 9.17) is 14.2 Å². The summed E-state index contributed by atoms with van der Waals surface area (Å²) in [6.07, 6.45) is 2.75. The Balaban J connectivity index is 2.53. The van der Waals surface area contributed by atoms with Crippen molar-refractivity contribution in [3.63, 3.8) is 0 Å². The van der Waals surface area contributed by atoms with E-state index in [1.165, 1.54) is 0 Å². The normalized spacial score (nSPS) is 15.4. The number of aliphatic hydroxyl groups is 1. The van der Waals surface area contributed by atoms with Crippen molar-refractivity contribution >= 4 is 5.97 Å². The maximum Gasteiger partial charge on any atom is 0.308 e. The van der Waals surface area contributed by atoms with Crippen LogP contribution < -0.4 is 4.74 Å². The molecule has 0 amide bonds. The Hall–Kier alpha value is -1.85. The van der Waals surface area contributed by atoms with Gasteiger partial charge in [-0.1, -0.05) is 32.1 Å². The summed E-state index contributed by atoms with van der Waals surface area (Å²) < 4.78 is 16.2. The molecule has 1 N–H and O–H groups in total. The lowest BCUT2D eigenvalue weighted by atomic mass is 9.91. The first-order valence-electron chi connectivity index (χ1n) is 9.62. The molecule has 4 atom stereocenters. The molecule has 0 saturated heterocycles. The fraction of sp³-hybridized carbons (Fsp3) is 0.591. The van der Waals surface area contributed by atoms with Crippen LogP contribution in [0.4, 0.5) is 0 Å². The van der Waals surface area contributed by atoms with E-state index in [1.54, 1.807) is 14.0 Å². The minimum absolute atomic E-state index is 0.00171.